The minimum atomic E-state index is 0.862. The van der Waals surface area contributed by atoms with Crippen LogP contribution in [0.2, 0.25) is 0 Å². The van der Waals surface area contributed by atoms with Gasteiger partial charge in [0.2, 0.25) is 0 Å². The van der Waals surface area contributed by atoms with E-state index in [9.17, 15) is 0 Å². The van der Waals surface area contributed by atoms with Crippen LogP contribution in [0.5, 0.6) is 0 Å². The fourth-order valence-corrected chi connectivity index (χ4v) is 2.98. The van der Waals surface area contributed by atoms with E-state index in [1.54, 1.807) is 0 Å². The normalized spacial score (nSPS) is 10.6. The molecule has 0 aliphatic heterocycles. The molecule has 0 bridgehead atoms. The molecule has 0 unspecified atom stereocenters. The van der Waals surface area contributed by atoms with Crippen LogP contribution in [-0.4, -0.2) is 10.7 Å². The van der Waals surface area contributed by atoms with Crippen molar-refractivity contribution in [1.29, 1.82) is 0 Å². The largest absolute Gasteiger partial charge is 0.254 e. The van der Waals surface area contributed by atoms with Crippen molar-refractivity contribution in [1.82, 2.24) is 4.98 Å². The molecule has 0 saturated heterocycles. The Morgan fingerprint density at radius 1 is 0.760 bits per heavy atom. The summed E-state index contributed by atoms with van der Waals surface area (Å²) in [6.07, 6.45) is 1.85. The number of rotatable bonds is 3. The van der Waals surface area contributed by atoms with Gasteiger partial charge in [-0.15, -0.1) is 0 Å². The van der Waals surface area contributed by atoms with Gasteiger partial charge in [-0.05, 0) is 18.6 Å². The van der Waals surface area contributed by atoms with Gasteiger partial charge in [-0.3, -0.25) is 4.98 Å². The van der Waals surface area contributed by atoms with Crippen LogP contribution >= 0.6 is 0 Å². The first-order valence-electron chi connectivity index (χ1n) is 8.36. The van der Waals surface area contributed by atoms with E-state index < -0.39 is 0 Å². The van der Waals surface area contributed by atoms with E-state index in [1.165, 1.54) is 5.56 Å². The van der Waals surface area contributed by atoms with E-state index >= 15 is 0 Å². The smallest absolute Gasteiger partial charge is 0.0827 e. The number of aromatic nitrogens is 1. The molecule has 0 saturated carbocycles. The Hall–Kier alpha value is -3.26. The van der Waals surface area contributed by atoms with Gasteiger partial charge in [0.05, 0.1) is 23.1 Å². The number of benzene rings is 3. The van der Waals surface area contributed by atoms with Crippen molar-refractivity contribution in [3.8, 4) is 0 Å². The van der Waals surface area contributed by atoms with Gasteiger partial charge >= 0.3 is 0 Å². The van der Waals surface area contributed by atoms with E-state index in [4.69, 9.17) is 4.99 Å². The summed E-state index contributed by atoms with van der Waals surface area (Å²) in [5.41, 5.74) is 6.22. The van der Waals surface area contributed by atoms with Crippen LogP contribution in [0.1, 0.15) is 16.7 Å². The maximum Gasteiger partial charge on any atom is 0.0827 e. The van der Waals surface area contributed by atoms with Crippen LogP contribution in [0.3, 0.4) is 0 Å². The zero-order valence-electron chi connectivity index (χ0n) is 14.1. The molecule has 25 heavy (non-hydrogen) atoms. The van der Waals surface area contributed by atoms with Crippen molar-refractivity contribution >= 4 is 22.3 Å². The standard InChI is InChI=1S/C23H18N2/c1-17-9-8-14-20-15-21(16-24-22(17)20)25-23(18-10-4-2-5-11-18)19-12-6-3-7-13-19/h2-16H,1H3. The Morgan fingerprint density at radius 3 is 2.04 bits per heavy atom. The first-order chi connectivity index (χ1) is 12.3. The number of fused-ring (bicyclic) bond motifs is 1. The van der Waals surface area contributed by atoms with Crippen molar-refractivity contribution in [3.63, 3.8) is 0 Å². The maximum atomic E-state index is 4.93. The second kappa shape index (κ2) is 6.70. The first-order valence-corrected chi connectivity index (χ1v) is 8.36. The summed E-state index contributed by atoms with van der Waals surface area (Å²) in [4.78, 5) is 9.55. The molecule has 1 aromatic heterocycles. The SMILES string of the molecule is Cc1cccc2cc(N=C(c3ccccc3)c3ccccc3)cnc12. The Balaban J connectivity index is 1.87. The number of para-hydroxylation sites is 1. The Kier molecular flexibility index (Phi) is 4.09. The molecule has 4 rings (SSSR count). The molecule has 0 atom stereocenters. The lowest BCUT2D eigenvalue weighted by atomic mass is 10.0. The first kappa shape index (κ1) is 15.3. The van der Waals surface area contributed by atoms with Gasteiger partial charge < -0.3 is 0 Å². The van der Waals surface area contributed by atoms with Crippen molar-refractivity contribution in [2.45, 2.75) is 6.92 Å². The molecule has 2 nitrogen and oxygen atoms in total. The molecular formula is C23H18N2. The van der Waals surface area contributed by atoms with E-state index in [0.717, 1.165) is 33.4 Å². The van der Waals surface area contributed by atoms with Crippen LogP contribution in [0, 0.1) is 6.92 Å². The molecule has 3 aromatic carbocycles. The number of aliphatic imine (C=N–C) groups is 1. The van der Waals surface area contributed by atoms with Gasteiger partial charge in [0.1, 0.15) is 0 Å². The molecule has 0 aliphatic carbocycles. The molecular weight excluding hydrogens is 304 g/mol. The zero-order valence-corrected chi connectivity index (χ0v) is 14.1. The second-order valence-corrected chi connectivity index (χ2v) is 6.03. The molecule has 120 valence electrons. The summed E-state index contributed by atoms with van der Waals surface area (Å²) >= 11 is 0. The topological polar surface area (TPSA) is 25.2 Å². The van der Waals surface area contributed by atoms with Crippen LogP contribution in [0.25, 0.3) is 10.9 Å². The lowest BCUT2D eigenvalue weighted by Crippen LogP contribution is -2.02. The molecule has 1 heterocycles. The molecule has 0 radical (unpaired) electrons. The summed E-state index contributed by atoms with van der Waals surface area (Å²) in [6.45, 7) is 2.08. The molecule has 0 N–H and O–H groups in total. The van der Waals surface area contributed by atoms with E-state index in [0.29, 0.717) is 0 Å². The van der Waals surface area contributed by atoms with Crippen LogP contribution in [-0.2, 0) is 0 Å². The predicted octanol–water partition coefficient (Wildman–Crippen LogP) is 5.71. The summed E-state index contributed by atoms with van der Waals surface area (Å²) in [5, 5.41) is 1.11. The van der Waals surface area contributed by atoms with Crippen LogP contribution in [0.4, 0.5) is 5.69 Å². The Morgan fingerprint density at radius 2 is 1.40 bits per heavy atom. The molecule has 0 fully saturated rings. The highest BCUT2D eigenvalue weighted by Crippen LogP contribution is 2.23. The van der Waals surface area contributed by atoms with E-state index in [1.807, 2.05) is 42.6 Å². The van der Waals surface area contributed by atoms with Gasteiger partial charge in [0, 0.05) is 16.5 Å². The van der Waals surface area contributed by atoms with Crippen LogP contribution in [0.15, 0.2) is 96.1 Å². The van der Waals surface area contributed by atoms with Crippen molar-refractivity contribution in [2.75, 3.05) is 0 Å². The van der Waals surface area contributed by atoms with Crippen LogP contribution < -0.4 is 0 Å². The third-order valence-corrected chi connectivity index (χ3v) is 4.23. The molecule has 0 spiro atoms. The lowest BCUT2D eigenvalue weighted by molar-refractivity contribution is 1.34. The predicted molar refractivity (Wildman–Crippen MR) is 105 cm³/mol. The fraction of sp³-hybridized carbons (Fsp3) is 0.0435. The number of nitrogens with zero attached hydrogens (tertiary/aromatic N) is 2. The van der Waals surface area contributed by atoms with Crippen molar-refractivity contribution in [2.24, 2.45) is 4.99 Å². The van der Waals surface area contributed by atoms with Gasteiger partial charge in [0.15, 0.2) is 0 Å². The number of hydrogen-bond donors (Lipinski definition) is 0. The van der Waals surface area contributed by atoms with Gasteiger partial charge in [-0.2, -0.15) is 0 Å². The summed E-state index contributed by atoms with van der Waals surface area (Å²) < 4.78 is 0. The minimum Gasteiger partial charge on any atom is -0.254 e. The highest BCUT2D eigenvalue weighted by atomic mass is 14.8. The monoisotopic (exact) mass is 322 g/mol. The lowest BCUT2D eigenvalue weighted by Gasteiger charge is -2.08. The number of aryl methyl sites for hydroxylation is 1. The zero-order chi connectivity index (χ0) is 17.1. The number of pyridine rings is 1. The average Bonchev–Trinajstić information content (AvgIpc) is 2.68. The maximum absolute atomic E-state index is 4.93. The van der Waals surface area contributed by atoms with Gasteiger partial charge in [0.25, 0.3) is 0 Å². The van der Waals surface area contributed by atoms with E-state index in [-0.39, 0.29) is 0 Å². The third kappa shape index (κ3) is 3.20. The minimum absolute atomic E-state index is 0.862. The summed E-state index contributed by atoms with van der Waals surface area (Å²) in [6, 6.07) is 28.9. The van der Waals surface area contributed by atoms with Crippen molar-refractivity contribution in [3.05, 3.63) is 108 Å². The quantitative estimate of drug-likeness (QED) is 0.443. The summed E-state index contributed by atoms with van der Waals surface area (Å²) in [5.74, 6) is 0. The third-order valence-electron chi connectivity index (χ3n) is 4.23. The summed E-state index contributed by atoms with van der Waals surface area (Å²) in [7, 11) is 0. The van der Waals surface area contributed by atoms with Gasteiger partial charge in [-0.1, -0.05) is 78.9 Å². The highest BCUT2D eigenvalue weighted by molar-refractivity contribution is 6.14. The average molecular weight is 322 g/mol. The number of hydrogen-bond acceptors (Lipinski definition) is 2. The fourth-order valence-electron chi connectivity index (χ4n) is 2.98. The molecule has 0 aliphatic rings. The molecule has 4 aromatic rings. The van der Waals surface area contributed by atoms with Gasteiger partial charge in [-0.25, -0.2) is 4.99 Å². The second-order valence-electron chi connectivity index (χ2n) is 6.03. The van der Waals surface area contributed by atoms with Crippen molar-refractivity contribution < 1.29 is 0 Å². The molecule has 0 amide bonds. The molecule has 2 heteroatoms. The Labute approximate surface area is 147 Å². The highest BCUT2D eigenvalue weighted by Gasteiger charge is 2.07. The van der Waals surface area contributed by atoms with E-state index in [2.05, 4.69) is 60.4 Å². The Bertz CT molecular complexity index is 994.